The molecule has 0 unspecified atom stereocenters. The van der Waals surface area contributed by atoms with Crippen molar-refractivity contribution >= 4 is 11.9 Å². The topological polar surface area (TPSA) is 105 Å². The van der Waals surface area contributed by atoms with Gasteiger partial charge in [0, 0.05) is 19.9 Å². The molecule has 0 aliphatic heterocycles. The first-order chi connectivity index (χ1) is 8.04. The Bertz CT molecular complexity index is 450. The predicted molar refractivity (Wildman–Crippen MR) is 55.1 cm³/mol. The lowest BCUT2D eigenvalue weighted by atomic mass is 10.1. The average molecular weight is 239 g/mol. The molecule has 7 nitrogen and oxygen atoms in total. The third kappa shape index (κ3) is 2.27. The number of rotatable bonds is 5. The molecule has 0 saturated heterocycles. The van der Waals surface area contributed by atoms with Crippen LogP contribution in [0.2, 0.25) is 0 Å². The molecule has 1 saturated carbocycles. The zero-order valence-corrected chi connectivity index (χ0v) is 9.39. The number of carbonyl (C=O) groups excluding carboxylic acids is 1. The van der Waals surface area contributed by atoms with Crippen LogP contribution in [-0.2, 0) is 16.0 Å². The largest absolute Gasteiger partial charge is 0.480 e. The van der Waals surface area contributed by atoms with E-state index in [1.165, 1.54) is 0 Å². The summed E-state index contributed by atoms with van der Waals surface area (Å²) in [7, 11) is 0. The average Bonchev–Trinajstić information content (AvgIpc) is 2.99. The van der Waals surface area contributed by atoms with Gasteiger partial charge in [-0.25, -0.2) is 0 Å². The van der Waals surface area contributed by atoms with Crippen LogP contribution in [0.3, 0.4) is 0 Å². The van der Waals surface area contributed by atoms with Crippen molar-refractivity contribution in [3.05, 3.63) is 11.7 Å². The van der Waals surface area contributed by atoms with Crippen LogP contribution in [0.15, 0.2) is 4.52 Å². The highest BCUT2D eigenvalue weighted by molar-refractivity contribution is 6.04. The molecule has 0 atom stereocenters. The number of amides is 1. The Morgan fingerprint density at radius 2 is 2.24 bits per heavy atom. The third-order valence-corrected chi connectivity index (χ3v) is 2.80. The molecule has 92 valence electrons. The Labute approximate surface area is 97.2 Å². The van der Waals surface area contributed by atoms with E-state index in [1.54, 1.807) is 6.92 Å². The van der Waals surface area contributed by atoms with Crippen LogP contribution >= 0.6 is 0 Å². The Morgan fingerprint density at radius 3 is 2.71 bits per heavy atom. The van der Waals surface area contributed by atoms with Crippen LogP contribution in [0.25, 0.3) is 0 Å². The first kappa shape index (κ1) is 11.6. The number of carbonyl (C=O) groups is 2. The maximum absolute atomic E-state index is 11.6. The van der Waals surface area contributed by atoms with Gasteiger partial charge in [0.2, 0.25) is 11.8 Å². The molecule has 1 heterocycles. The normalized spacial score (nSPS) is 16.5. The first-order valence-electron chi connectivity index (χ1n) is 5.35. The van der Waals surface area contributed by atoms with Crippen molar-refractivity contribution in [2.75, 3.05) is 6.54 Å². The summed E-state index contributed by atoms with van der Waals surface area (Å²) < 4.78 is 4.77. The van der Waals surface area contributed by atoms with E-state index in [0.29, 0.717) is 37.5 Å². The number of nitrogens with one attached hydrogen (secondary N) is 1. The molecule has 2 N–H and O–H groups in total. The molecular weight excluding hydrogens is 226 g/mol. The molecule has 17 heavy (non-hydrogen) atoms. The van der Waals surface area contributed by atoms with Gasteiger partial charge < -0.3 is 14.9 Å². The van der Waals surface area contributed by atoms with Gasteiger partial charge in [-0.2, -0.15) is 4.98 Å². The molecule has 1 fully saturated rings. The van der Waals surface area contributed by atoms with E-state index in [-0.39, 0.29) is 0 Å². The lowest BCUT2D eigenvalue weighted by Gasteiger charge is -2.09. The summed E-state index contributed by atoms with van der Waals surface area (Å²) in [5.41, 5.74) is -1.19. The number of aromatic nitrogens is 2. The molecule has 0 spiro atoms. The maximum atomic E-state index is 11.6. The summed E-state index contributed by atoms with van der Waals surface area (Å²) in [4.78, 5) is 26.4. The van der Waals surface area contributed by atoms with Crippen molar-refractivity contribution in [2.24, 2.45) is 5.41 Å². The highest BCUT2D eigenvalue weighted by Gasteiger charge is 2.56. The Kier molecular flexibility index (Phi) is 2.83. The third-order valence-electron chi connectivity index (χ3n) is 2.80. The van der Waals surface area contributed by atoms with Gasteiger partial charge in [-0.1, -0.05) is 5.16 Å². The van der Waals surface area contributed by atoms with Gasteiger partial charge in [-0.15, -0.1) is 0 Å². The number of hydrogen-bond acceptors (Lipinski definition) is 5. The highest BCUT2D eigenvalue weighted by Crippen LogP contribution is 2.45. The second-order valence-electron chi connectivity index (χ2n) is 4.12. The van der Waals surface area contributed by atoms with Gasteiger partial charge in [0.15, 0.2) is 5.82 Å². The zero-order chi connectivity index (χ0) is 12.5. The minimum Gasteiger partial charge on any atom is -0.480 e. The second kappa shape index (κ2) is 4.15. The summed E-state index contributed by atoms with van der Waals surface area (Å²) in [6.45, 7) is 1.99. The van der Waals surface area contributed by atoms with E-state index >= 15 is 0 Å². The van der Waals surface area contributed by atoms with Crippen LogP contribution < -0.4 is 5.32 Å². The molecule has 1 aromatic heterocycles. The summed E-state index contributed by atoms with van der Waals surface area (Å²) in [6.07, 6.45) is 1.25. The predicted octanol–water partition coefficient (Wildman–Crippen LogP) is -0.0985. The summed E-state index contributed by atoms with van der Waals surface area (Å²) in [6, 6.07) is 0. The van der Waals surface area contributed by atoms with Crippen molar-refractivity contribution in [1.82, 2.24) is 15.5 Å². The molecule has 1 aromatic rings. The highest BCUT2D eigenvalue weighted by atomic mass is 16.5. The van der Waals surface area contributed by atoms with Gasteiger partial charge in [0.1, 0.15) is 5.41 Å². The van der Waals surface area contributed by atoms with Gasteiger partial charge in [0.25, 0.3) is 0 Å². The SMILES string of the molecule is Cc1nc(CCNC(=O)C2(C(=O)O)CC2)no1. The standard InChI is InChI=1S/C10H13N3O4/c1-6-12-7(13-17-6)2-5-11-8(14)10(3-4-10)9(15)16/h2-5H2,1H3,(H,11,14)(H,15,16). The van der Waals surface area contributed by atoms with Gasteiger partial charge in [-0.3, -0.25) is 9.59 Å². The van der Waals surface area contributed by atoms with E-state index in [4.69, 9.17) is 9.63 Å². The minimum absolute atomic E-state index is 0.312. The van der Waals surface area contributed by atoms with Crippen LogP contribution in [0.1, 0.15) is 24.6 Å². The Hall–Kier alpha value is -1.92. The number of carboxylic acids is 1. The van der Waals surface area contributed by atoms with Crippen LogP contribution in [0.4, 0.5) is 0 Å². The lowest BCUT2D eigenvalue weighted by Crippen LogP contribution is -2.38. The number of carboxylic acid groups (broad SMARTS) is 1. The zero-order valence-electron chi connectivity index (χ0n) is 9.39. The van der Waals surface area contributed by atoms with E-state index in [9.17, 15) is 9.59 Å². The van der Waals surface area contributed by atoms with Gasteiger partial charge in [0.05, 0.1) is 0 Å². The maximum Gasteiger partial charge on any atom is 0.319 e. The van der Waals surface area contributed by atoms with Crippen molar-refractivity contribution in [1.29, 1.82) is 0 Å². The molecule has 2 rings (SSSR count). The second-order valence-corrected chi connectivity index (χ2v) is 4.12. The number of nitrogens with zero attached hydrogens (tertiary/aromatic N) is 2. The molecule has 7 heteroatoms. The number of hydrogen-bond donors (Lipinski definition) is 2. The monoisotopic (exact) mass is 239 g/mol. The minimum atomic E-state index is -1.19. The number of aliphatic carboxylic acids is 1. The first-order valence-corrected chi connectivity index (χ1v) is 5.35. The smallest absolute Gasteiger partial charge is 0.319 e. The van der Waals surface area contributed by atoms with Crippen molar-refractivity contribution < 1.29 is 19.2 Å². The fourth-order valence-electron chi connectivity index (χ4n) is 1.56. The number of aryl methyl sites for hydroxylation is 1. The fraction of sp³-hybridized carbons (Fsp3) is 0.600. The molecule has 0 radical (unpaired) electrons. The van der Waals surface area contributed by atoms with E-state index in [2.05, 4.69) is 15.5 Å². The molecular formula is C10H13N3O4. The summed E-state index contributed by atoms with van der Waals surface area (Å²) >= 11 is 0. The van der Waals surface area contributed by atoms with Crippen molar-refractivity contribution in [3.8, 4) is 0 Å². The Balaban J connectivity index is 1.79. The van der Waals surface area contributed by atoms with Gasteiger partial charge in [-0.05, 0) is 12.8 Å². The van der Waals surface area contributed by atoms with Crippen LogP contribution in [0, 0.1) is 12.3 Å². The summed E-state index contributed by atoms with van der Waals surface area (Å²) in [5, 5.41) is 15.1. The lowest BCUT2D eigenvalue weighted by molar-refractivity contribution is -0.149. The fourth-order valence-corrected chi connectivity index (χ4v) is 1.56. The quantitative estimate of drug-likeness (QED) is 0.695. The molecule has 0 bridgehead atoms. The molecule has 0 aromatic carbocycles. The van der Waals surface area contributed by atoms with Crippen LogP contribution in [0.5, 0.6) is 0 Å². The van der Waals surface area contributed by atoms with E-state index in [1.807, 2.05) is 0 Å². The van der Waals surface area contributed by atoms with E-state index < -0.39 is 17.3 Å². The molecule has 1 aliphatic carbocycles. The molecule has 1 amide bonds. The van der Waals surface area contributed by atoms with Gasteiger partial charge >= 0.3 is 5.97 Å². The Morgan fingerprint density at radius 1 is 1.53 bits per heavy atom. The summed E-state index contributed by atoms with van der Waals surface area (Å²) in [5.74, 6) is -0.505. The van der Waals surface area contributed by atoms with E-state index in [0.717, 1.165) is 0 Å². The van der Waals surface area contributed by atoms with Crippen LogP contribution in [-0.4, -0.2) is 33.7 Å². The van der Waals surface area contributed by atoms with Crippen molar-refractivity contribution in [2.45, 2.75) is 26.2 Å². The molecule has 1 aliphatic rings. The van der Waals surface area contributed by atoms with Crippen molar-refractivity contribution in [3.63, 3.8) is 0 Å².